The lowest BCUT2D eigenvalue weighted by Crippen LogP contribution is -2.26. The van der Waals surface area contributed by atoms with Crippen molar-refractivity contribution in [1.82, 2.24) is 9.78 Å². The van der Waals surface area contributed by atoms with Gasteiger partial charge in [-0.3, -0.25) is 13.8 Å². The maximum atomic E-state index is 12.5. The quantitative estimate of drug-likeness (QED) is 0.893. The highest BCUT2D eigenvalue weighted by Gasteiger charge is 2.23. The summed E-state index contributed by atoms with van der Waals surface area (Å²) in [4.78, 5) is 10.6. The Kier molecular flexibility index (Phi) is 3.99. The molecule has 2 rings (SSSR count). The largest absolute Gasteiger partial charge is 0.480 e. The van der Waals surface area contributed by atoms with E-state index in [1.165, 1.54) is 13.2 Å². The number of benzene rings is 1. The fourth-order valence-corrected chi connectivity index (χ4v) is 2.97. The number of hydrogen-bond donors (Lipinski definition) is 1. The van der Waals surface area contributed by atoms with Gasteiger partial charge in [-0.2, -0.15) is 5.10 Å². The molecule has 0 saturated heterocycles. The van der Waals surface area contributed by atoms with E-state index < -0.39 is 16.0 Å². The minimum absolute atomic E-state index is 0.0484. The van der Waals surface area contributed by atoms with Crippen LogP contribution < -0.4 is 4.31 Å². The number of nitrogens with zero attached hydrogens (tertiary/aromatic N) is 3. The zero-order chi connectivity index (χ0) is 15.6. The summed E-state index contributed by atoms with van der Waals surface area (Å²) in [5.74, 6) is -1.09. The van der Waals surface area contributed by atoms with Crippen molar-refractivity contribution < 1.29 is 18.3 Å². The van der Waals surface area contributed by atoms with Gasteiger partial charge in [0.05, 0.1) is 11.9 Å². The van der Waals surface area contributed by atoms with Crippen LogP contribution in [-0.2, 0) is 21.4 Å². The molecule has 2 aromatic rings. The minimum atomic E-state index is -3.77. The van der Waals surface area contributed by atoms with Crippen molar-refractivity contribution in [2.75, 3.05) is 11.4 Å². The van der Waals surface area contributed by atoms with E-state index in [4.69, 9.17) is 5.11 Å². The van der Waals surface area contributed by atoms with Crippen molar-refractivity contribution in [3.8, 4) is 0 Å². The first-order valence-corrected chi connectivity index (χ1v) is 7.54. The van der Waals surface area contributed by atoms with Gasteiger partial charge in [-0.1, -0.05) is 12.1 Å². The third-order valence-electron chi connectivity index (χ3n) is 2.93. The van der Waals surface area contributed by atoms with E-state index in [0.29, 0.717) is 5.69 Å². The predicted molar refractivity (Wildman–Crippen MR) is 76.6 cm³/mol. The highest BCUT2D eigenvalue weighted by Crippen LogP contribution is 2.22. The number of carboxylic acids is 1. The molecule has 0 aliphatic carbocycles. The molecule has 1 aromatic heterocycles. The van der Waals surface area contributed by atoms with Crippen LogP contribution in [0.3, 0.4) is 0 Å². The molecular formula is C13H15N3O4S. The van der Waals surface area contributed by atoms with Crippen molar-refractivity contribution in [3.05, 3.63) is 42.2 Å². The highest BCUT2D eigenvalue weighted by atomic mass is 32.2. The van der Waals surface area contributed by atoms with Crippen molar-refractivity contribution in [1.29, 1.82) is 0 Å². The lowest BCUT2D eigenvalue weighted by atomic mass is 10.2. The fourth-order valence-electron chi connectivity index (χ4n) is 1.82. The Morgan fingerprint density at radius 3 is 2.76 bits per heavy atom. The molecule has 0 radical (unpaired) electrons. The first-order chi connectivity index (χ1) is 9.80. The van der Waals surface area contributed by atoms with E-state index in [0.717, 1.165) is 20.7 Å². The maximum Gasteiger partial charge on any atom is 0.325 e. The van der Waals surface area contributed by atoms with Gasteiger partial charge >= 0.3 is 5.97 Å². The Labute approximate surface area is 122 Å². The van der Waals surface area contributed by atoms with Crippen LogP contribution in [0.2, 0.25) is 0 Å². The summed E-state index contributed by atoms with van der Waals surface area (Å²) < 4.78 is 27.1. The molecule has 0 amide bonds. The molecule has 1 heterocycles. The smallest absolute Gasteiger partial charge is 0.325 e. The van der Waals surface area contributed by atoms with Crippen LogP contribution in [0.1, 0.15) is 5.56 Å². The Hall–Kier alpha value is -2.35. The summed E-state index contributed by atoms with van der Waals surface area (Å²) in [6.45, 7) is 1.48. The highest BCUT2D eigenvalue weighted by molar-refractivity contribution is 7.92. The second-order valence-electron chi connectivity index (χ2n) is 4.58. The Morgan fingerprint density at radius 1 is 1.43 bits per heavy atom. The van der Waals surface area contributed by atoms with Crippen LogP contribution in [0, 0.1) is 6.92 Å². The first kappa shape index (κ1) is 15.0. The van der Waals surface area contributed by atoms with Crippen LogP contribution in [0.15, 0.2) is 41.6 Å². The minimum Gasteiger partial charge on any atom is -0.480 e. The second-order valence-corrected chi connectivity index (χ2v) is 6.55. The molecule has 1 aromatic carbocycles. The van der Waals surface area contributed by atoms with E-state index in [1.807, 2.05) is 13.0 Å². The predicted octanol–water partition coefficient (Wildman–Crippen LogP) is 1.10. The summed E-state index contributed by atoms with van der Waals surface area (Å²) >= 11 is 0. The van der Waals surface area contributed by atoms with Gasteiger partial charge in [0.25, 0.3) is 10.0 Å². The third-order valence-corrected chi connectivity index (χ3v) is 4.67. The number of anilines is 1. The van der Waals surface area contributed by atoms with Gasteiger partial charge in [-0.05, 0) is 24.6 Å². The Morgan fingerprint density at radius 2 is 2.14 bits per heavy atom. The molecule has 0 aliphatic heterocycles. The molecule has 1 N–H and O–H groups in total. The summed E-state index contributed by atoms with van der Waals surface area (Å²) in [6, 6.07) is 7.07. The van der Waals surface area contributed by atoms with Crippen LogP contribution in [0.5, 0.6) is 0 Å². The van der Waals surface area contributed by atoms with Gasteiger partial charge in [0.15, 0.2) is 0 Å². The van der Waals surface area contributed by atoms with Crippen LogP contribution in [0.4, 0.5) is 5.69 Å². The molecule has 0 fully saturated rings. The number of aliphatic carboxylic acids is 1. The van der Waals surface area contributed by atoms with Gasteiger partial charge in [0.2, 0.25) is 0 Å². The number of carboxylic acid groups (broad SMARTS) is 1. The first-order valence-electron chi connectivity index (χ1n) is 6.10. The molecule has 21 heavy (non-hydrogen) atoms. The molecule has 0 saturated carbocycles. The molecule has 8 heteroatoms. The van der Waals surface area contributed by atoms with Crippen LogP contribution in [-0.4, -0.2) is 36.3 Å². The topological polar surface area (TPSA) is 92.5 Å². The molecule has 7 nitrogen and oxygen atoms in total. The number of hydrogen-bond acceptors (Lipinski definition) is 4. The fraction of sp³-hybridized carbons (Fsp3) is 0.231. The van der Waals surface area contributed by atoms with Gasteiger partial charge in [0, 0.05) is 13.2 Å². The SMILES string of the molecule is Cc1cccc(N(C)S(=O)(=O)c2cnn(CC(=O)O)c2)c1. The number of sulfonamides is 1. The molecule has 0 spiro atoms. The third kappa shape index (κ3) is 3.22. The van der Waals surface area contributed by atoms with Crippen LogP contribution in [0.25, 0.3) is 0 Å². The normalized spacial score (nSPS) is 11.3. The zero-order valence-electron chi connectivity index (χ0n) is 11.6. The van der Waals surface area contributed by atoms with E-state index in [1.54, 1.807) is 18.2 Å². The maximum absolute atomic E-state index is 12.5. The number of rotatable bonds is 5. The average molecular weight is 309 g/mol. The second kappa shape index (κ2) is 5.57. The van der Waals surface area contributed by atoms with Crippen molar-refractivity contribution in [3.63, 3.8) is 0 Å². The van der Waals surface area contributed by atoms with Crippen molar-refractivity contribution in [2.24, 2.45) is 0 Å². The summed E-state index contributed by atoms with van der Waals surface area (Å²) in [5.41, 5.74) is 1.47. The van der Waals surface area contributed by atoms with Gasteiger partial charge in [-0.15, -0.1) is 0 Å². The summed E-state index contributed by atoms with van der Waals surface area (Å²) in [5, 5.41) is 12.4. The molecule has 0 aliphatic rings. The average Bonchev–Trinajstić information content (AvgIpc) is 2.86. The molecule has 0 atom stereocenters. The lowest BCUT2D eigenvalue weighted by molar-refractivity contribution is -0.137. The van der Waals surface area contributed by atoms with Crippen molar-refractivity contribution >= 4 is 21.7 Å². The standard InChI is InChI=1S/C13H15N3O4S/c1-10-4-3-5-11(6-10)15(2)21(19,20)12-7-14-16(8-12)9-13(17)18/h3-8H,9H2,1-2H3,(H,17,18). The van der Waals surface area contributed by atoms with Crippen molar-refractivity contribution in [2.45, 2.75) is 18.4 Å². The Bertz CT molecular complexity index is 767. The Balaban J connectivity index is 2.33. The number of aryl methyl sites for hydroxylation is 1. The van der Waals surface area contributed by atoms with Crippen LogP contribution >= 0.6 is 0 Å². The van der Waals surface area contributed by atoms with E-state index >= 15 is 0 Å². The summed E-state index contributed by atoms with van der Waals surface area (Å²) in [7, 11) is -2.32. The van der Waals surface area contributed by atoms with Gasteiger partial charge in [0.1, 0.15) is 11.4 Å². The molecule has 0 unspecified atom stereocenters. The van der Waals surface area contributed by atoms with E-state index in [2.05, 4.69) is 5.10 Å². The number of aromatic nitrogens is 2. The van der Waals surface area contributed by atoms with E-state index in [-0.39, 0.29) is 11.4 Å². The molecule has 0 bridgehead atoms. The monoisotopic (exact) mass is 309 g/mol. The van der Waals surface area contributed by atoms with Gasteiger partial charge < -0.3 is 5.11 Å². The van der Waals surface area contributed by atoms with Gasteiger partial charge in [-0.25, -0.2) is 8.42 Å². The van der Waals surface area contributed by atoms with E-state index in [9.17, 15) is 13.2 Å². The molecular weight excluding hydrogens is 294 g/mol. The summed E-state index contributed by atoms with van der Waals surface area (Å²) in [6.07, 6.45) is 2.35. The molecule has 112 valence electrons. The zero-order valence-corrected chi connectivity index (χ0v) is 12.4. The number of carbonyl (C=O) groups is 1. The lowest BCUT2D eigenvalue weighted by Gasteiger charge is -2.18.